The Morgan fingerprint density at radius 3 is 2.71 bits per heavy atom. The maximum Gasteiger partial charge on any atom is 0.256 e. The molecule has 0 saturated carbocycles. The van der Waals surface area contributed by atoms with E-state index in [-0.39, 0.29) is 30.8 Å². The number of hydrogen-bond acceptors (Lipinski definition) is 4. The number of carbonyl (C=O) groups is 3. The van der Waals surface area contributed by atoms with Crippen molar-refractivity contribution in [2.45, 2.75) is 13.0 Å². The summed E-state index contributed by atoms with van der Waals surface area (Å²) in [4.78, 5) is 41.5. The van der Waals surface area contributed by atoms with E-state index >= 15 is 0 Å². The quantitative estimate of drug-likeness (QED) is 0.852. The molecule has 2 aromatic rings. The van der Waals surface area contributed by atoms with Crippen molar-refractivity contribution in [1.82, 2.24) is 9.80 Å². The topological polar surface area (TPSA) is 81.8 Å². The summed E-state index contributed by atoms with van der Waals surface area (Å²) in [6, 6.07) is 14.2. The predicted octanol–water partition coefficient (Wildman–Crippen LogP) is 1.71. The molecule has 3 amide bonds. The molecular weight excluding hydrogens is 356 g/mol. The Labute approximate surface area is 163 Å². The number of anilines is 2. The van der Waals surface area contributed by atoms with E-state index in [1.54, 1.807) is 21.9 Å². The number of benzene rings is 2. The van der Waals surface area contributed by atoms with E-state index in [0.29, 0.717) is 24.3 Å². The van der Waals surface area contributed by atoms with Crippen LogP contribution in [0.4, 0.5) is 11.4 Å². The highest BCUT2D eigenvalue weighted by molar-refractivity contribution is 6.10. The third kappa shape index (κ3) is 3.43. The molecule has 0 aliphatic carbocycles. The summed E-state index contributed by atoms with van der Waals surface area (Å²) in [5.74, 6) is -0.526. The van der Waals surface area contributed by atoms with Crippen LogP contribution < -0.4 is 10.6 Å². The lowest BCUT2D eigenvalue weighted by atomic mass is 10.1. The van der Waals surface area contributed by atoms with Gasteiger partial charge in [-0.1, -0.05) is 29.8 Å². The van der Waals surface area contributed by atoms with Crippen LogP contribution >= 0.6 is 0 Å². The number of aryl methyl sites for hydroxylation is 1. The number of para-hydroxylation sites is 1. The lowest BCUT2D eigenvalue weighted by Crippen LogP contribution is -2.60. The number of nitrogens with one attached hydrogen (secondary N) is 2. The molecule has 4 rings (SSSR count). The predicted molar refractivity (Wildman–Crippen MR) is 106 cm³/mol. The Kier molecular flexibility index (Phi) is 4.73. The molecule has 1 saturated heterocycles. The molecule has 7 nitrogen and oxygen atoms in total. The molecule has 2 aromatic carbocycles. The highest BCUT2D eigenvalue weighted by Gasteiger charge is 2.40. The molecule has 144 valence electrons. The Balaban J connectivity index is 1.47. The van der Waals surface area contributed by atoms with Crippen molar-refractivity contribution < 1.29 is 14.4 Å². The first-order valence-electron chi connectivity index (χ1n) is 9.32. The third-order valence-corrected chi connectivity index (χ3v) is 5.18. The van der Waals surface area contributed by atoms with Crippen molar-refractivity contribution in [1.29, 1.82) is 0 Å². The van der Waals surface area contributed by atoms with Crippen molar-refractivity contribution in [3.05, 3.63) is 59.7 Å². The first-order valence-corrected chi connectivity index (χ1v) is 9.32. The maximum atomic E-state index is 13.0. The molecule has 7 heteroatoms. The van der Waals surface area contributed by atoms with E-state index in [1.807, 2.05) is 43.3 Å². The van der Waals surface area contributed by atoms with Gasteiger partial charge >= 0.3 is 0 Å². The Morgan fingerprint density at radius 1 is 1.14 bits per heavy atom. The number of amides is 3. The van der Waals surface area contributed by atoms with E-state index in [2.05, 4.69) is 10.6 Å². The first kappa shape index (κ1) is 18.0. The summed E-state index contributed by atoms with van der Waals surface area (Å²) in [6.07, 6.45) is 0. The molecule has 28 heavy (non-hydrogen) atoms. The minimum Gasteiger partial charge on any atom is -0.376 e. The number of fused-ring (bicyclic) bond motifs is 2. The molecule has 1 atom stereocenters. The van der Waals surface area contributed by atoms with Gasteiger partial charge in [-0.3, -0.25) is 14.4 Å². The summed E-state index contributed by atoms with van der Waals surface area (Å²) in [5, 5.41) is 5.94. The normalized spacial score (nSPS) is 18.7. The second-order valence-electron chi connectivity index (χ2n) is 7.11. The van der Waals surface area contributed by atoms with Gasteiger partial charge < -0.3 is 20.4 Å². The minimum atomic E-state index is -0.686. The largest absolute Gasteiger partial charge is 0.376 e. The molecule has 0 radical (unpaired) electrons. The highest BCUT2D eigenvalue weighted by Crippen LogP contribution is 2.26. The molecular formula is C21H22N4O3. The monoisotopic (exact) mass is 378 g/mol. The van der Waals surface area contributed by atoms with Crippen LogP contribution in [-0.4, -0.2) is 59.7 Å². The molecule has 2 heterocycles. The first-order chi connectivity index (χ1) is 13.5. The average Bonchev–Trinajstić information content (AvgIpc) is 2.82. The van der Waals surface area contributed by atoms with E-state index in [4.69, 9.17) is 0 Å². The maximum absolute atomic E-state index is 13.0. The van der Waals surface area contributed by atoms with Crippen LogP contribution in [0, 0.1) is 6.92 Å². The lowest BCUT2D eigenvalue weighted by molar-refractivity contribution is -0.134. The highest BCUT2D eigenvalue weighted by atomic mass is 16.2. The standard InChI is InChI=1S/C21H22N4O3/c1-14-7-8-17-16(11-14)21(28)25-10-9-24(13-18(25)20(27)23-17)19(26)12-22-15-5-3-2-4-6-15/h2-8,11,18,22H,9-10,12-13H2,1H3,(H,23,27). The van der Waals surface area contributed by atoms with Gasteiger partial charge in [-0.15, -0.1) is 0 Å². The average molecular weight is 378 g/mol. The number of nitrogens with zero attached hydrogens (tertiary/aromatic N) is 2. The van der Waals surface area contributed by atoms with Crippen LogP contribution in [0.5, 0.6) is 0 Å². The van der Waals surface area contributed by atoms with Crippen molar-refractivity contribution in [2.75, 3.05) is 36.8 Å². The van der Waals surface area contributed by atoms with E-state index in [9.17, 15) is 14.4 Å². The van der Waals surface area contributed by atoms with Crippen molar-refractivity contribution in [2.24, 2.45) is 0 Å². The molecule has 2 aliphatic rings. The van der Waals surface area contributed by atoms with Gasteiger partial charge in [0.05, 0.1) is 24.3 Å². The summed E-state index contributed by atoms with van der Waals surface area (Å²) >= 11 is 0. The third-order valence-electron chi connectivity index (χ3n) is 5.18. The SMILES string of the molecule is Cc1ccc2c(c1)C(=O)N1CCN(C(=O)CNc3ccccc3)CC1C(=O)N2. The van der Waals surface area contributed by atoms with E-state index < -0.39 is 6.04 Å². The smallest absolute Gasteiger partial charge is 0.256 e. The fourth-order valence-electron chi connectivity index (χ4n) is 3.64. The molecule has 0 spiro atoms. The van der Waals surface area contributed by atoms with Gasteiger partial charge in [-0.05, 0) is 31.2 Å². The van der Waals surface area contributed by atoms with Crippen LogP contribution in [0.25, 0.3) is 0 Å². The fraction of sp³-hybridized carbons (Fsp3) is 0.286. The zero-order valence-corrected chi connectivity index (χ0v) is 15.6. The Bertz CT molecular complexity index is 929. The van der Waals surface area contributed by atoms with Crippen LogP contribution in [0.15, 0.2) is 48.5 Å². The summed E-state index contributed by atoms with van der Waals surface area (Å²) in [6.45, 7) is 2.99. The Hall–Kier alpha value is -3.35. The Morgan fingerprint density at radius 2 is 1.93 bits per heavy atom. The van der Waals surface area contributed by atoms with Gasteiger partial charge in [0.2, 0.25) is 11.8 Å². The number of piperazine rings is 1. The van der Waals surface area contributed by atoms with Gasteiger partial charge in [0.25, 0.3) is 5.91 Å². The molecule has 0 bridgehead atoms. The number of rotatable bonds is 3. The summed E-state index contributed by atoms with van der Waals surface area (Å²) < 4.78 is 0. The van der Waals surface area contributed by atoms with Gasteiger partial charge in [0.1, 0.15) is 6.04 Å². The molecule has 2 N–H and O–H groups in total. The zero-order valence-electron chi connectivity index (χ0n) is 15.6. The second-order valence-corrected chi connectivity index (χ2v) is 7.11. The van der Waals surface area contributed by atoms with E-state index in [1.165, 1.54) is 0 Å². The van der Waals surface area contributed by atoms with Crippen LogP contribution in [0.1, 0.15) is 15.9 Å². The fourth-order valence-corrected chi connectivity index (χ4v) is 3.64. The minimum absolute atomic E-state index is 0.0960. The van der Waals surface area contributed by atoms with Crippen LogP contribution in [0.3, 0.4) is 0 Å². The molecule has 0 aromatic heterocycles. The summed E-state index contributed by atoms with van der Waals surface area (Å²) in [5.41, 5.74) is 2.85. The lowest BCUT2D eigenvalue weighted by Gasteiger charge is -2.39. The molecule has 1 fully saturated rings. The van der Waals surface area contributed by atoms with Crippen LogP contribution in [0.2, 0.25) is 0 Å². The molecule has 1 unspecified atom stereocenters. The number of carbonyl (C=O) groups excluding carboxylic acids is 3. The van der Waals surface area contributed by atoms with Gasteiger partial charge in [-0.2, -0.15) is 0 Å². The van der Waals surface area contributed by atoms with Crippen LogP contribution in [-0.2, 0) is 9.59 Å². The molecule has 2 aliphatic heterocycles. The summed E-state index contributed by atoms with van der Waals surface area (Å²) in [7, 11) is 0. The van der Waals surface area contributed by atoms with Gasteiger partial charge in [0, 0.05) is 18.8 Å². The van der Waals surface area contributed by atoms with E-state index in [0.717, 1.165) is 11.3 Å². The second kappa shape index (κ2) is 7.34. The zero-order chi connectivity index (χ0) is 19.7. The van der Waals surface area contributed by atoms with Crippen molar-refractivity contribution in [3.63, 3.8) is 0 Å². The van der Waals surface area contributed by atoms with Gasteiger partial charge in [-0.25, -0.2) is 0 Å². The van der Waals surface area contributed by atoms with Crippen molar-refractivity contribution >= 4 is 29.1 Å². The van der Waals surface area contributed by atoms with Gasteiger partial charge in [0.15, 0.2) is 0 Å². The number of hydrogen-bond donors (Lipinski definition) is 2. The van der Waals surface area contributed by atoms with Crippen molar-refractivity contribution in [3.8, 4) is 0 Å².